The van der Waals surface area contributed by atoms with Gasteiger partial charge in [-0.1, -0.05) is 83.1 Å². The first-order valence-corrected chi connectivity index (χ1v) is 39.7. The Kier molecular flexibility index (Phi) is 32.6. The van der Waals surface area contributed by atoms with Crippen LogP contribution < -0.4 is 0 Å². The molecule has 532 valence electrons. The minimum absolute atomic E-state index is 0.0136. The van der Waals surface area contributed by atoms with Crippen molar-refractivity contribution in [1.29, 1.82) is 10.5 Å². The summed E-state index contributed by atoms with van der Waals surface area (Å²) in [5.41, 5.74) is 2.55. The third-order valence-electron chi connectivity index (χ3n) is 21.3. The zero-order valence-corrected chi connectivity index (χ0v) is 63.0. The van der Waals surface area contributed by atoms with Crippen LogP contribution in [-0.2, 0) is 42.7 Å². The van der Waals surface area contributed by atoms with Gasteiger partial charge in [-0.2, -0.15) is 10.5 Å². The largest absolute Gasteiger partial charge is 0.444 e. The van der Waals surface area contributed by atoms with E-state index in [0.717, 1.165) is 126 Å². The van der Waals surface area contributed by atoms with Crippen molar-refractivity contribution in [1.82, 2.24) is 43.2 Å². The summed E-state index contributed by atoms with van der Waals surface area (Å²) in [6, 6.07) is 8.45. The lowest BCUT2D eigenvalue weighted by atomic mass is 9.79. The van der Waals surface area contributed by atoms with Crippen LogP contribution in [0, 0.1) is 106 Å². The Bertz CT molecular complexity index is 2890. The number of sulfonamides is 2. The van der Waals surface area contributed by atoms with Crippen LogP contribution in [0.3, 0.4) is 0 Å². The summed E-state index contributed by atoms with van der Waals surface area (Å²) in [5.74, 6) is 8.95. The lowest BCUT2D eigenvalue weighted by molar-refractivity contribution is -0.134. The van der Waals surface area contributed by atoms with Gasteiger partial charge in [-0.3, -0.25) is 14.6 Å². The molecule has 3 aliphatic carbocycles. The highest BCUT2D eigenvalue weighted by Crippen LogP contribution is 2.40. The minimum atomic E-state index is -2.97. The minimum Gasteiger partial charge on any atom is -0.444 e. The average molecular weight is 1350 g/mol. The molecule has 0 aromatic carbocycles. The SMILES string of the molecule is CC(C)C1CCN(Cc2ccnc(C#N)c2)CC1.CC(C)C1CCN(Cc2cncnc2)CC1C.CC(C)C1CCN(S(C)(=O)=O)CC1C.CC(C)[C@@H]1CCCN(C(=O)OC(C)(C)C)C1.CC1CCC(N(C)S(=O)(=O)C2CC2)CC1.C[C@@H]1CCCN(C(=O)C2CC2C#N)C1. The maximum Gasteiger partial charge on any atom is 0.410 e. The molecule has 6 unspecified atom stereocenters. The van der Waals surface area contributed by atoms with Gasteiger partial charge >= 0.3 is 6.09 Å². The van der Waals surface area contributed by atoms with E-state index < -0.39 is 20.0 Å². The molecule has 0 spiro atoms. The van der Waals surface area contributed by atoms with Gasteiger partial charge in [0.05, 0.1) is 29.4 Å². The molecular weight excluding hydrogens is 1220 g/mol. The molecule has 0 radical (unpaired) electrons. The highest BCUT2D eigenvalue weighted by molar-refractivity contribution is 7.90. The van der Waals surface area contributed by atoms with Gasteiger partial charge in [-0.25, -0.2) is 45.2 Å². The predicted molar refractivity (Wildman–Crippen MR) is 378 cm³/mol. The van der Waals surface area contributed by atoms with Crippen LogP contribution in [0.5, 0.6) is 0 Å². The molecule has 94 heavy (non-hydrogen) atoms. The number of ether oxygens (including phenoxy) is 1. The topological polar surface area (TPSA) is 217 Å². The molecule has 8 atom stereocenters. The van der Waals surface area contributed by atoms with Crippen molar-refractivity contribution in [2.24, 2.45) is 82.9 Å². The average Bonchev–Trinajstić information content (AvgIpc) is 1.64. The number of hydrogen-bond acceptors (Lipinski definition) is 14. The molecule has 5 saturated heterocycles. The Morgan fingerprint density at radius 3 is 1.72 bits per heavy atom. The lowest BCUT2D eigenvalue weighted by Gasteiger charge is -2.38. The van der Waals surface area contributed by atoms with Crippen LogP contribution in [0.15, 0.2) is 37.1 Å². The Hall–Kier alpha value is -4.31. The van der Waals surface area contributed by atoms with Crippen LogP contribution in [-0.4, -0.2) is 168 Å². The number of rotatable bonds is 13. The van der Waals surface area contributed by atoms with Crippen molar-refractivity contribution in [3.8, 4) is 12.1 Å². The van der Waals surface area contributed by atoms with E-state index in [9.17, 15) is 26.4 Å². The summed E-state index contributed by atoms with van der Waals surface area (Å²) in [5, 5.41) is 17.4. The Morgan fingerprint density at radius 1 is 0.649 bits per heavy atom. The van der Waals surface area contributed by atoms with Crippen LogP contribution in [0.2, 0.25) is 0 Å². The normalized spacial score (nSPS) is 27.3. The highest BCUT2D eigenvalue weighted by atomic mass is 32.2. The first-order valence-electron chi connectivity index (χ1n) is 36.3. The molecule has 2 amide bonds. The number of aromatic nitrogens is 3. The number of likely N-dealkylation sites (tertiary alicyclic amines) is 4. The second-order valence-electron chi connectivity index (χ2n) is 31.8. The van der Waals surface area contributed by atoms with Crippen molar-refractivity contribution in [3.05, 3.63) is 53.9 Å². The molecule has 0 N–H and O–H groups in total. The Balaban J connectivity index is 0.000000205. The fraction of sp³-hybridized carbons (Fsp3) is 0.824. The smallest absolute Gasteiger partial charge is 0.410 e. The van der Waals surface area contributed by atoms with E-state index >= 15 is 0 Å². The van der Waals surface area contributed by atoms with E-state index in [4.69, 9.17) is 15.3 Å². The van der Waals surface area contributed by atoms with Crippen molar-refractivity contribution < 1.29 is 31.2 Å². The van der Waals surface area contributed by atoms with Crippen molar-refractivity contribution in [3.63, 3.8) is 0 Å². The third kappa shape index (κ3) is 27.2. The molecule has 8 fully saturated rings. The fourth-order valence-corrected chi connectivity index (χ4v) is 17.6. The summed E-state index contributed by atoms with van der Waals surface area (Å²) in [4.78, 5) is 44.7. The molecule has 7 heterocycles. The highest BCUT2D eigenvalue weighted by Gasteiger charge is 2.46. The molecular formula is C74H127N11O7S2. The number of pyridine rings is 1. The summed E-state index contributed by atoms with van der Waals surface area (Å²) in [6.45, 7) is 44.6. The summed E-state index contributed by atoms with van der Waals surface area (Å²) in [7, 11) is -4.15. The molecule has 18 nitrogen and oxygen atoms in total. The van der Waals surface area contributed by atoms with Gasteiger partial charge in [0, 0.05) is 96.1 Å². The molecule has 2 aromatic rings. The van der Waals surface area contributed by atoms with Crippen LogP contribution in [0.1, 0.15) is 217 Å². The monoisotopic (exact) mass is 1350 g/mol. The second kappa shape index (κ2) is 38.2. The number of nitrogens with zero attached hydrogens (tertiary/aromatic N) is 11. The number of carbonyl (C=O) groups excluding carboxylic acids is 2. The number of hydrogen-bond donors (Lipinski definition) is 0. The third-order valence-corrected chi connectivity index (χ3v) is 24.9. The molecule has 5 aliphatic heterocycles. The zero-order chi connectivity index (χ0) is 69.7. The maximum atomic E-state index is 12.0. The standard InChI is InChI=1S/C15H21N3.C14H23N3.C13H25NO2.C11H16N2O.C11H21NO2S.C10H21NO2S/c1-12(2)14-4-7-18(8-5-14)11-13-3-6-17-15(9-13)10-16;1-11(2)14-4-5-17(8-12(14)3)9-13-6-15-10-16-7-13;1-10(2)11-7-6-8-14(9-11)12(15)16-13(3,4)5;1-8-3-2-4-13(7-8)11(14)10-5-9(10)6-12;1-9-3-5-10(6-4-9)12(2)15(13,14)11-7-8-11;1-8(2)10-5-6-11(7-9(10)3)14(4,12)13/h3,6,9,12,14H,4-5,7-8,11H2,1-2H3;6-7,10-12,14H,4-5,8-9H2,1-3H3;10-11H,6-9H2,1-5H3;8-10H,2-5,7H2,1H3;9-11H,3-8H2,1-2H3;8-10H,5-7H2,1-4H3/t;;11-;8-,9?,10?;;/m..11../s1. The van der Waals surface area contributed by atoms with E-state index in [1.807, 2.05) is 55.1 Å². The van der Waals surface area contributed by atoms with Gasteiger partial charge in [-0.05, 0) is 225 Å². The van der Waals surface area contributed by atoms with E-state index in [0.29, 0.717) is 54.3 Å². The van der Waals surface area contributed by atoms with E-state index in [2.05, 4.69) is 120 Å². The van der Waals surface area contributed by atoms with Crippen LogP contribution in [0.25, 0.3) is 0 Å². The zero-order valence-electron chi connectivity index (χ0n) is 61.4. The number of carbonyl (C=O) groups is 2. The predicted octanol–water partition coefficient (Wildman–Crippen LogP) is 13.7. The van der Waals surface area contributed by atoms with Crippen LogP contribution in [0.4, 0.5) is 4.79 Å². The molecule has 8 aliphatic rings. The van der Waals surface area contributed by atoms with Crippen molar-refractivity contribution in [2.75, 3.05) is 78.8 Å². The molecule has 3 saturated carbocycles. The number of nitriles is 2. The molecule has 10 rings (SSSR count). The van der Waals surface area contributed by atoms with Crippen molar-refractivity contribution >= 4 is 32.0 Å². The van der Waals surface area contributed by atoms with E-state index in [1.165, 1.54) is 88.5 Å². The van der Waals surface area contributed by atoms with Gasteiger partial charge in [-0.15, -0.1) is 0 Å². The number of piperidine rings is 5. The van der Waals surface area contributed by atoms with Gasteiger partial charge in [0.15, 0.2) is 0 Å². The van der Waals surface area contributed by atoms with E-state index in [1.54, 1.807) is 28.2 Å². The molecule has 2 aromatic heterocycles. The Morgan fingerprint density at radius 2 is 1.21 bits per heavy atom. The van der Waals surface area contributed by atoms with E-state index in [-0.39, 0.29) is 40.7 Å². The Labute approximate surface area is 571 Å². The fourth-order valence-electron chi connectivity index (χ4n) is 14.8. The lowest BCUT2D eigenvalue weighted by Crippen LogP contribution is -2.43. The van der Waals surface area contributed by atoms with Crippen LogP contribution >= 0.6 is 0 Å². The quantitative estimate of drug-likeness (QED) is 0.182. The van der Waals surface area contributed by atoms with Crippen molar-refractivity contribution in [2.45, 2.75) is 230 Å². The first-order chi connectivity index (χ1) is 44.2. The van der Waals surface area contributed by atoms with Gasteiger partial charge < -0.3 is 14.5 Å². The van der Waals surface area contributed by atoms with Gasteiger partial charge in [0.25, 0.3) is 0 Å². The first kappa shape index (κ1) is 80.4. The van der Waals surface area contributed by atoms with Gasteiger partial charge in [0.2, 0.25) is 26.0 Å². The molecule has 20 heteroatoms. The summed E-state index contributed by atoms with van der Waals surface area (Å²) in [6.07, 6.45) is 24.9. The molecule has 0 bridgehead atoms. The number of amides is 2. The van der Waals surface area contributed by atoms with Gasteiger partial charge in [0.1, 0.15) is 23.7 Å². The summed E-state index contributed by atoms with van der Waals surface area (Å²) < 4.78 is 55.3. The maximum absolute atomic E-state index is 12.0. The summed E-state index contributed by atoms with van der Waals surface area (Å²) >= 11 is 0. The second-order valence-corrected chi connectivity index (χ2v) is 36.1.